The highest BCUT2D eigenvalue weighted by Crippen LogP contribution is 2.24. The van der Waals surface area contributed by atoms with E-state index in [4.69, 9.17) is 5.73 Å². The number of sulfonamides is 1. The van der Waals surface area contributed by atoms with Gasteiger partial charge in [-0.3, -0.25) is 0 Å². The van der Waals surface area contributed by atoms with Crippen LogP contribution in [-0.2, 0) is 10.0 Å². The highest BCUT2D eigenvalue weighted by Gasteiger charge is 2.32. The number of nitrogens with one attached hydrogen (secondary N) is 1. The van der Waals surface area contributed by atoms with E-state index in [-0.39, 0.29) is 5.03 Å². The Kier molecular flexibility index (Phi) is 3.27. The fourth-order valence-electron chi connectivity index (χ4n) is 2.01. The minimum Gasteiger partial charge on any atom is -0.335 e. The van der Waals surface area contributed by atoms with E-state index in [0.717, 1.165) is 12.8 Å². The second-order valence-electron chi connectivity index (χ2n) is 4.01. The molecular formula is C9H16N4O2S. The molecule has 1 unspecified atom stereocenters. The van der Waals surface area contributed by atoms with Crippen LogP contribution in [0.25, 0.3) is 0 Å². The second-order valence-corrected chi connectivity index (χ2v) is 5.92. The van der Waals surface area contributed by atoms with Crippen LogP contribution in [0.5, 0.6) is 0 Å². The number of nitrogens with zero attached hydrogens (tertiary/aromatic N) is 2. The number of imidazole rings is 1. The maximum absolute atomic E-state index is 12.1. The molecule has 1 aromatic rings. The van der Waals surface area contributed by atoms with E-state index >= 15 is 0 Å². The molecular weight excluding hydrogens is 228 g/mol. The summed E-state index contributed by atoms with van der Waals surface area (Å²) in [6.45, 7) is 1.76. The normalized spacial score (nSPS) is 22.7. The van der Waals surface area contributed by atoms with Crippen molar-refractivity contribution < 1.29 is 8.42 Å². The topological polar surface area (TPSA) is 92.1 Å². The fraction of sp³-hybridized carbons (Fsp3) is 0.667. The lowest BCUT2D eigenvalue weighted by molar-refractivity contribution is 0.447. The largest absolute Gasteiger partial charge is 0.335 e. The van der Waals surface area contributed by atoms with Crippen molar-refractivity contribution in [3.63, 3.8) is 0 Å². The van der Waals surface area contributed by atoms with Crippen molar-refractivity contribution >= 4 is 10.0 Å². The summed E-state index contributed by atoms with van der Waals surface area (Å²) < 4.78 is 25.6. The molecule has 3 N–H and O–H groups in total. The van der Waals surface area contributed by atoms with Crippen LogP contribution in [0.15, 0.2) is 17.6 Å². The Bertz CT molecular complexity index is 428. The zero-order valence-electron chi connectivity index (χ0n) is 8.96. The smallest absolute Gasteiger partial charge is 0.260 e. The maximum atomic E-state index is 12.1. The quantitative estimate of drug-likeness (QED) is 0.765. The van der Waals surface area contributed by atoms with E-state index in [1.54, 1.807) is 0 Å². The van der Waals surface area contributed by atoms with E-state index in [9.17, 15) is 8.42 Å². The predicted molar refractivity (Wildman–Crippen MR) is 59.1 cm³/mol. The summed E-state index contributed by atoms with van der Waals surface area (Å²) in [6.07, 6.45) is 4.49. The minimum atomic E-state index is -3.37. The van der Waals surface area contributed by atoms with Crippen LogP contribution in [-0.4, -0.2) is 42.3 Å². The van der Waals surface area contributed by atoms with Gasteiger partial charge >= 0.3 is 0 Å². The summed E-state index contributed by atoms with van der Waals surface area (Å²) in [5.74, 6) is 0.391. The van der Waals surface area contributed by atoms with Crippen LogP contribution in [0.4, 0.5) is 0 Å². The Balaban J connectivity index is 2.10. The molecule has 0 amide bonds. The molecule has 0 saturated carbocycles. The summed E-state index contributed by atoms with van der Waals surface area (Å²) in [5, 5.41) is 0.167. The molecule has 6 nitrogen and oxygen atoms in total. The van der Waals surface area contributed by atoms with Crippen molar-refractivity contribution in [2.24, 2.45) is 11.7 Å². The Labute approximate surface area is 94.9 Å². The number of H-pyrrole nitrogens is 1. The van der Waals surface area contributed by atoms with E-state index in [1.165, 1.54) is 16.8 Å². The van der Waals surface area contributed by atoms with Crippen LogP contribution in [0.1, 0.15) is 12.8 Å². The van der Waals surface area contributed by atoms with Crippen LogP contribution in [0.2, 0.25) is 0 Å². The molecule has 2 rings (SSSR count). The third-order valence-corrected chi connectivity index (χ3v) is 4.71. The molecule has 0 radical (unpaired) electrons. The average molecular weight is 244 g/mol. The van der Waals surface area contributed by atoms with E-state index in [1.807, 2.05) is 0 Å². The first-order valence-corrected chi connectivity index (χ1v) is 6.77. The Morgan fingerprint density at radius 2 is 2.44 bits per heavy atom. The molecule has 1 aliphatic heterocycles. The van der Waals surface area contributed by atoms with Crippen LogP contribution in [0, 0.1) is 5.92 Å². The van der Waals surface area contributed by atoms with Crippen molar-refractivity contribution in [1.82, 2.24) is 14.3 Å². The summed E-state index contributed by atoms with van der Waals surface area (Å²) >= 11 is 0. The first kappa shape index (κ1) is 11.6. The monoisotopic (exact) mass is 244 g/mol. The Morgan fingerprint density at radius 3 is 3.06 bits per heavy atom. The van der Waals surface area contributed by atoms with E-state index in [0.29, 0.717) is 25.6 Å². The van der Waals surface area contributed by atoms with Gasteiger partial charge in [0.2, 0.25) is 0 Å². The molecule has 0 aromatic carbocycles. The fourth-order valence-corrected chi connectivity index (χ4v) is 3.44. The molecule has 1 aromatic heterocycles. The molecule has 7 heteroatoms. The van der Waals surface area contributed by atoms with Gasteiger partial charge in [-0.25, -0.2) is 13.4 Å². The zero-order chi connectivity index (χ0) is 11.6. The number of hydrogen-bond donors (Lipinski definition) is 2. The van der Waals surface area contributed by atoms with Gasteiger partial charge in [-0.2, -0.15) is 4.31 Å². The number of hydrogen-bond acceptors (Lipinski definition) is 4. The van der Waals surface area contributed by atoms with Crippen LogP contribution < -0.4 is 5.73 Å². The second kappa shape index (κ2) is 4.52. The van der Waals surface area contributed by atoms with Crippen molar-refractivity contribution in [3.8, 4) is 0 Å². The molecule has 1 fully saturated rings. The number of rotatable bonds is 4. The SMILES string of the molecule is NCCC1CCN(S(=O)(=O)c2cnc[nH]2)C1. The van der Waals surface area contributed by atoms with Gasteiger partial charge in [0.1, 0.15) is 0 Å². The lowest BCUT2D eigenvalue weighted by Crippen LogP contribution is -2.29. The first-order valence-electron chi connectivity index (χ1n) is 5.33. The standard InChI is InChI=1S/C9H16N4O2S/c10-3-1-8-2-4-13(6-8)16(14,15)9-5-11-7-12-9/h5,7-8H,1-4,6,10H2,(H,11,12). The summed E-state index contributed by atoms with van der Waals surface area (Å²) in [7, 11) is -3.37. The number of aromatic nitrogens is 2. The van der Waals surface area contributed by atoms with Gasteiger partial charge in [0, 0.05) is 13.1 Å². The zero-order valence-corrected chi connectivity index (χ0v) is 9.78. The van der Waals surface area contributed by atoms with Crippen molar-refractivity contribution in [1.29, 1.82) is 0 Å². The van der Waals surface area contributed by atoms with E-state index in [2.05, 4.69) is 9.97 Å². The van der Waals surface area contributed by atoms with Gasteiger partial charge in [-0.1, -0.05) is 0 Å². The average Bonchev–Trinajstić information content (AvgIpc) is 2.88. The first-order chi connectivity index (χ1) is 7.64. The Morgan fingerprint density at radius 1 is 1.62 bits per heavy atom. The van der Waals surface area contributed by atoms with Crippen molar-refractivity contribution in [2.45, 2.75) is 17.9 Å². The molecule has 1 aliphatic rings. The van der Waals surface area contributed by atoms with Gasteiger partial charge < -0.3 is 10.7 Å². The van der Waals surface area contributed by atoms with Gasteiger partial charge in [-0.05, 0) is 25.3 Å². The highest BCUT2D eigenvalue weighted by atomic mass is 32.2. The summed E-state index contributed by atoms with van der Waals surface area (Å²) in [5.41, 5.74) is 5.47. The lowest BCUT2D eigenvalue weighted by atomic mass is 10.1. The molecule has 2 heterocycles. The third-order valence-electron chi connectivity index (χ3n) is 2.91. The van der Waals surface area contributed by atoms with Crippen molar-refractivity contribution in [3.05, 3.63) is 12.5 Å². The van der Waals surface area contributed by atoms with Gasteiger partial charge in [0.15, 0.2) is 5.03 Å². The van der Waals surface area contributed by atoms with Crippen LogP contribution >= 0.6 is 0 Å². The molecule has 0 spiro atoms. The summed E-state index contributed by atoms with van der Waals surface area (Å²) in [4.78, 5) is 6.37. The third kappa shape index (κ3) is 2.11. The highest BCUT2D eigenvalue weighted by molar-refractivity contribution is 7.89. The number of aromatic amines is 1. The molecule has 90 valence electrons. The van der Waals surface area contributed by atoms with Gasteiger partial charge in [-0.15, -0.1) is 0 Å². The molecule has 0 bridgehead atoms. The van der Waals surface area contributed by atoms with E-state index < -0.39 is 10.0 Å². The predicted octanol–water partition coefficient (Wildman–Crippen LogP) is -0.231. The van der Waals surface area contributed by atoms with Gasteiger partial charge in [0.25, 0.3) is 10.0 Å². The molecule has 1 saturated heterocycles. The van der Waals surface area contributed by atoms with Gasteiger partial charge in [0.05, 0.1) is 12.5 Å². The molecule has 0 aliphatic carbocycles. The number of nitrogens with two attached hydrogens (primary N) is 1. The molecule has 16 heavy (non-hydrogen) atoms. The van der Waals surface area contributed by atoms with Crippen molar-refractivity contribution in [2.75, 3.05) is 19.6 Å². The van der Waals surface area contributed by atoms with Crippen LogP contribution in [0.3, 0.4) is 0 Å². The lowest BCUT2D eigenvalue weighted by Gasteiger charge is -2.14. The Hall–Kier alpha value is -0.920. The summed E-state index contributed by atoms with van der Waals surface area (Å²) in [6, 6.07) is 0. The maximum Gasteiger partial charge on any atom is 0.260 e. The molecule has 1 atom stereocenters. The minimum absolute atomic E-state index is 0.167.